The lowest BCUT2D eigenvalue weighted by Crippen LogP contribution is -2.03. The van der Waals surface area contributed by atoms with E-state index in [0.29, 0.717) is 11.1 Å². The van der Waals surface area contributed by atoms with Crippen molar-refractivity contribution in [3.8, 4) is 0 Å². The van der Waals surface area contributed by atoms with Crippen molar-refractivity contribution in [2.75, 3.05) is 0 Å². The summed E-state index contributed by atoms with van der Waals surface area (Å²) in [5, 5.41) is 12.1. The van der Waals surface area contributed by atoms with Crippen molar-refractivity contribution < 1.29 is 9.50 Å². The van der Waals surface area contributed by atoms with Gasteiger partial charge in [0.05, 0.1) is 10.8 Å². The average molecular weight is 210 g/mol. The van der Waals surface area contributed by atoms with Crippen molar-refractivity contribution in [3.05, 3.63) is 35.0 Å². The van der Waals surface area contributed by atoms with E-state index < -0.39 is 0 Å². The van der Waals surface area contributed by atoms with Crippen LogP contribution in [0.15, 0.2) is 23.6 Å². The molecule has 0 aliphatic rings. The second-order valence-electron chi connectivity index (χ2n) is 3.43. The molecule has 0 saturated carbocycles. The fourth-order valence-corrected chi connectivity index (χ4v) is 2.54. The van der Waals surface area contributed by atoms with Gasteiger partial charge in [0.2, 0.25) is 0 Å². The molecule has 1 aromatic heterocycles. The van der Waals surface area contributed by atoms with Crippen LogP contribution in [-0.4, -0.2) is 11.2 Å². The zero-order valence-electron chi connectivity index (χ0n) is 7.83. The molecule has 0 aliphatic heterocycles. The predicted molar refractivity (Wildman–Crippen MR) is 57.2 cm³/mol. The molecule has 1 heterocycles. The third kappa shape index (κ3) is 1.65. The highest BCUT2D eigenvalue weighted by molar-refractivity contribution is 7.17. The Morgan fingerprint density at radius 1 is 1.50 bits per heavy atom. The molecule has 0 bridgehead atoms. The molecule has 1 atom stereocenters. The Hall–Kier alpha value is -0.930. The van der Waals surface area contributed by atoms with Crippen molar-refractivity contribution in [2.24, 2.45) is 0 Å². The number of hydrogen-bond acceptors (Lipinski definition) is 2. The van der Waals surface area contributed by atoms with E-state index >= 15 is 0 Å². The molecule has 0 spiro atoms. The monoisotopic (exact) mass is 210 g/mol. The fraction of sp³-hybridized carbons (Fsp3) is 0.273. The maximum Gasteiger partial charge on any atom is 0.140 e. The van der Waals surface area contributed by atoms with E-state index in [4.69, 9.17) is 0 Å². The van der Waals surface area contributed by atoms with Crippen molar-refractivity contribution in [2.45, 2.75) is 19.4 Å². The SMILES string of the molecule is CC(O)Cc1csc2c(F)cccc12. The van der Waals surface area contributed by atoms with Gasteiger partial charge in [0.25, 0.3) is 0 Å². The summed E-state index contributed by atoms with van der Waals surface area (Å²) in [4.78, 5) is 0. The summed E-state index contributed by atoms with van der Waals surface area (Å²) in [5.41, 5.74) is 1.03. The number of aliphatic hydroxyl groups is 1. The van der Waals surface area contributed by atoms with E-state index in [0.717, 1.165) is 10.9 Å². The molecule has 2 rings (SSSR count). The summed E-state index contributed by atoms with van der Waals surface area (Å²) in [7, 11) is 0. The molecule has 0 saturated heterocycles. The molecule has 0 aliphatic carbocycles. The van der Waals surface area contributed by atoms with E-state index in [9.17, 15) is 9.50 Å². The maximum atomic E-state index is 13.3. The van der Waals surface area contributed by atoms with Gasteiger partial charge in [-0.1, -0.05) is 12.1 Å². The van der Waals surface area contributed by atoms with Gasteiger partial charge in [0, 0.05) is 0 Å². The smallest absolute Gasteiger partial charge is 0.140 e. The van der Waals surface area contributed by atoms with Crippen molar-refractivity contribution in [3.63, 3.8) is 0 Å². The van der Waals surface area contributed by atoms with Crippen LogP contribution in [0, 0.1) is 5.82 Å². The molecule has 74 valence electrons. The molecule has 3 heteroatoms. The van der Waals surface area contributed by atoms with Crippen molar-refractivity contribution in [1.29, 1.82) is 0 Å². The number of halogens is 1. The predicted octanol–water partition coefficient (Wildman–Crippen LogP) is 2.96. The first-order valence-corrected chi connectivity index (χ1v) is 5.39. The minimum Gasteiger partial charge on any atom is -0.393 e. The number of fused-ring (bicyclic) bond motifs is 1. The highest BCUT2D eigenvalue weighted by Crippen LogP contribution is 2.28. The first kappa shape index (κ1) is 9.62. The van der Waals surface area contributed by atoms with Crippen LogP contribution in [0.5, 0.6) is 0 Å². The van der Waals surface area contributed by atoms with Gasteiger partial charge >= 0.3 is 0 Å². The minimum atomic E-state index is -0.379. The van der Waals surface area contributed by atoms with Gasteiger partial charge in [-0.3, -0.25) is 0 Å². The van der Waals surface area contributed by atoms with E-state index in [-0.39, 0.29) is 11.9 Å². The zero-order valence-corrected chi connectivity index (χ0v) is 8.64. The van der Waals surface area contributed by atoms with Crippen molar-refractivity contribution >= 4 is 21.4 Å². The van der Waals surface area contributed by atoms with E-state index in [2.05, 4.69) is 0 Å². The molecule has 1 nitrogen and oxygen atoms in total. The lowest BCUT2D eigenvalue weighted by Gasteiger charge is -2.02. The first-order valence-electron chi connectivity index (χ1n) is 4.51. The Morgan fingerprint density at radius 3 is 3.00 bits per heavy atom. The number of benzene rings is 1. The number of hydrogen-bond donors (Lipinski definition) is 1. The number of aliphatic hydroxyl groups excluding tert-OH is 1. The molecule has 1 unspecified atom stereocenters. The summed E-state index contributed by atoms with van der Waals surface area (Å²) in [6, 6.07) is 5.06. The third-order valence-electron chi connectivity index (χ3n) is 2.15. The second-order valence-corrected chi connectivity index (χ2v) is 4.31. The number of thiophene rings is 1. The van der Waals surface area contributed by atoms with Crippen LogP contribution < -0.4 is 0 Å². The average Bonchev–Trinajstić information content (AvgIpc) is 2.49. The van der Waals surface area contributed by atoms with Crippen molar-refractivity contribution in [1.82, 2.24) is 0 Å². The molecule has 1 aromatic carbocycles. The van der Waals surface area contributed by atoms with Gasteiger partial charge in [-0.15, -0.1) is 11.3 Å². The molecule has 0 radical (unpaired) electrons. The van der Waals surface area contributed by atoms with Crippen LogP contribution in [0.3, 0.4) is 0 Å². The lowest BCUT2D eigenvalue weighted by atomic mass is 10.1. The van der Waals surface area contributed by atoms with Gasteiger partial charge in [-0.05, 0) is 35.7 Å². The van der Waals surface area contributed by atoms with Crippen LogP contribution in [0.25, 0.3) is 10.1 Å². The van der Waals surface area contributed by atoms with Gasteiger partial charge < -0.3 is 5.11 Å². The summed E-state index contributed by atoms with van der Waals surface area (Å²) in [6.45, 7) is 1.74. The molecule has 0 amide bonds. The minimum absolute atomic E-state index is 0.177. The quantitative estimate of drug-likeness (QED) is 0.808. The summed E-state index contributed by atoms with van der Waals surface area (Å²) in [5.74, 6) is -0.177. The van der Waals surface area contributed by atoms with Crippen LogP contribution in [0.1, 0.15) is 12.5 Å². The third-order valence-corrected chi connectivity index (χ3v) is 3.20. The highest BCUT2D eigenvalue weighted by Gasteiger charge is 2.08. The molecule has 0 fully saturated rings. The van der Waals surface area contributed by atoms with Gasteiger partial charge in [-0.25, -0.2) is 4.39 Å². The van der Waals surface area contributed by atoms with E-state index in [1.54, 1.807) is 13.0 Å². The van der Waals surface area contributed by atoms with Gasteiger partial charge in [-0.2, -0.15) is 0 Å². The summed E-state index contributed by atoms with van der Waals surface area (Å²) >= 11 is 1.40. The molecular weight excluding hydrogens is 199 g/mol. The number of rotatable bonds is 2. The summed E-state index contributed by atoms with van der Waals surface area (Å²) in [6.07, 6.45) is 0.208. The first-order chi connectivity index (χ1) is 6.68. The maximum absolute atomic E-state index is 13.3. The Bertz CT molecular complexity index is 447. The Kier molecular flexibility index (Phi) is 2.52. The van der Waals surface area contributed by atoms with E-state index in [1.165, 1.54) is 17.4 Å². The Morgan fingerprint density at radius 2 is 2.29 bits per heavy atom. The Balaban J connectivity index is 2.52. The normalized spacial score (nSPS) is 13.4. The van der Waals surface area contributed by atoms with Crippen LogP contribution in [0.2, 0.25) is 0 Å². The summed E-state index contributed by atoms with van der Waals surface area (Å²) < 4.78 is 14.0. The molecule has 14 heavy (non-hydrogen) atoms. The zero-order chi connectivity index (χ0) is 10.1. The van der Waals surface area contributed by atoms with Gasteiger partial charge in [0.1, 0.15) is 5.82 Å². The standard InChI is InChI=1S/C11H11FOS/c1-7(13)5-8-6-14-11-9(8)3-2-4-10(11)12/h2-4,6-7,13H,5H2,1H3. The van der Waals surface area contributed by atoms with E-state index in [1.807, 2.05) is 11.4 Å². The highest BCUT2D eigenvalue weighted by atomic mass is 32.1. The molecule has 2 aromatic rings. The van der Waals surface area contributed by atoms with Crippen LogP contribution >= 0.6 is 11.3 Å². The molecule has 1 N–H and O–H groups in total. The van der Waals surface area contributed by atoms with Crippen LogP contribution in [0.4, 0.5) is 4.39 Å². The largest absolute Gasteiger partial charge is 0.393 e. The second kappa shape index (κ2) is 3.67. The van der Waals surface area contributed by atoms with Crippen LogP contribution in [-0.2, 0) is 6.42 Å². The lowest BCUT2D eigenvalue weighted by molar-refractivity contribution is 0.196. The fourth-order valence-electron chi connectivity index (χ4n) is 1.55. The topological polar surface area (TPSA) is 20.2 Å². The Labute approximate surface area is 85.8 Å². The van der Waals surface area contributed by atoms with Gasteiger partial charge in [0.15, 0.2) is 0 Å². The molecular formula is C11H11FOS.